The number of likely N-dealkylation sites (tertiary alicyclic amines) is 1. The van der Waals surface area contributed by atoms with Gasteiger partial charge in [0.2, 0.25) is 11.8 Å². The minimum atomic E-state index is -0.192. The summed E-state index contributed by atoms with van der Waals surface area (Å²) in [5, 5.41) is 6.00. The first-order valence-corrected chi connectivity index (χ1v) is 11.6. The van der Waals surface area contributed by atoms with Gasteiger partial charge in [-0.25, -0.2) is 0 Å². The van der Waals surface area contributed by atoms with E-state index in [1.165, 1.54) is 12.8 Å². The van der Waals surface area contributed by atoms with Crippen LogP contribution in [0.25, 0.3) is 0 Å². The summed E-state index contributed by atoms with van der Waals surface area (Å²) >= 11 is 0. The van der Waals surface area contributed by atoms with Gasteiger partial charge in [-0.15, -0.1) is 0 Å². The van der Waals surface area contributed by atoms with Gasteiger partial charge in [-0.1, -0.05) is 31.0 Å². The number of rotatable bonds is 8. The molecule has 3 rings (SSSR count). The molecule has 0 atom stereocenters. The summed E-state index contributed by atoms with van der Waals surface area (Å²) in [7, 11) is 3.50. The number of anilines is 2. The third kappa shape index (κ3) is 7.63. The van der Waals surface area contributed by atoms with E-state index >= 15 is 0 Å². The van der Waals surface area contributed by atoms with Crippen molar-refractivity contribution in [2.45, 2.75) is 38.5 Å². The Labute approximate surface area is 196 Å². The quantitative estimate of drug-likeness (QED) is 0.641. The molecule has 33 heavy (non-hydrogen) atoms. The van der Waals surface area contributed by atoms with Crippen molar-refractivity contribution in [1.29, 1.82) is 0 Å². The third-order valence-corrected chi connectivity index (χ3v) is 5.79. The second kappa shape index (κ2) is 12.0. The van der Waals surface area contributed by atoms with Crippen molar-refractivity contribution in [3.8, 4) is 0 Å². The van der Waals surface area contributed by atoms with Crippen LogP contribution >= 0.6 is 0 Å². The summed E-state index contributed by atoms with van der Waals surface area (Å²) < 4.78 is 0. The van der Waals surface area contributed by atoms with Crippen LogP contribution in [0.4, 0.5) is 11.4 Å². The first-order valence-electron chi connectivity index (χ1n) is 11.6. The molecule has 0 spiro atoms. The van der Waals surface area contributed by atoms with E-state index in [2.05, 4.69) is 10.6 Å². The number of nitrogens with one attached hydrogen (secondary N) is 2. The number of amides is 3. The van der Waals surface area contributed by atoms with Gasteiger partial charge in [0.15, 0.2) is 0 Å². The topological polar surface area (TPSA) is 81.8 Å². The minimum Gasteiger partial charge on any atom is -0.376 e. The highest BCUT2D eigenvalue weighted by atomic mass is 16.2. The molecule has 1 aliphatic heterocycles. The van der Waals surface area contributed by atoms with Crippen LogP contribution in [-0.2, 0) is 16.0 Å². The lowest BCUT2D eigenvalue weighted by Crippen LogP contribution is -2.31. The van der Waals surface area contributed by atoms with Gasteiger partial charge in [0.25, 0.3) is 5.91 Å². The van der Waals surface area contributed by atoms with Crippen LogP contribution in [0.3, 0.4) is 0 Å². The van der Waals surface area contributed by atoms with Crippen molar-refractivity contribution in [3.05, 3.63) is 59.7 Å². The van der Waals surface area contributed by atoms with E-state index < -0.39 is 0 Å². The maximum Gasteiger partial charge on any atom is 0.253 e. The Kier molecular flexibility index (Phi) is 8.87. The van der Waals surface area contributed by atoms with E-state index in [0.717, 1.165) is 37.2 Å². The number of benzene rings is 2. The summed E-state index contributed by atoms with van der Waals surface area (Å²) in [4.78, 5) is 40.6. The monoisotopic (exact) mass is 450 g/mol. The van der Waals surface area contributed by atoms with Crippen molar-refractivity contribution >= 4 is 29.1 Å². The molecule has 2 aromatic carbocycles. The Morgan fingerprint density at radius 3 is 2.33 bits per heavy atom. The molecule has 0 unspecified atom stereocenters. The lowest BCUT2D eigenvalue weighted by molar-refractivity contribution is -0.128. The lowest BCUT2D eigenvalue weighted by Gasteiger charge is -2.20. The molecule has 7 nitrogen and oxygen atoms in total. The van der Waals surface area contributed by atoms with Crippen LogP contribution in [0.5, 0.6) is 0 Å². The predicted octanol–water partition coefficient (Wildman–Crippen LogP) is 3.77. The number of nitrogens with zero attached hydrogens (tertiary/aromatic N) is 2. The van der Waals surface area contributed by atoms with E-state index in [-0.39, 0.29) is 24.3 Å². The van der Waals surface area contributed by atoms with Gasteiger partial charge < -0.3 is 20.4 Å². The SMILES string of the molecule is CN(C)C(=O)CCc1cccc(NCC(=O)Nc2cccc(C(=O)N3CCCCCC3)c2)c1. The van der Waals surface area contributed by atoms with Crippen molar-refractivity contribution in [1.82, 2.24) is 9.80 Å². The van der Waals surface area contributed by atoms with Crippen LogP contribution in [0.1, 0.15) is 48.0 Å². The molecule has 0 aromatic heterocycles. The third-order valence-electron chi connectivity index (χ3n) is 5.79. The smallest absolute Gasteiger partial charge is 0.253 e. The Balaban J connectivity index is 1.52. The first kappa shape index (κ1) is 24.3. The highest BCUT2D eigenvalue weighted by molar-refractivity contribution is 5.98. The lowest BCUT2D eigenvalue weighted by atomic mass is 10.1. The molecule has 1 aliphatic rings. The van der Waals surface area contributed by atoms with E-state index in [0.29, 0.717) is 24.1 Å². The second-order valence-corrected chi connectivity index (χ2v) is 8.68. The maximum absolute atomic E-state index is 12.8. The fourth-order valence-corrected chi connectivity index (χ4v) is 3.89. The zero-order valence-electron chi connectivity index (χ0n) is 19.6. The molecule has 176 valence electrons. The Bertz CT molecular complexity index is 966. The predicted molar refractivity (Wildman–Crippen MR) is 131 cm³/mol. The van der Waals surface area contributed by atoms with Crippen LogP contribution in [0, 0.1) is 0 Å². The van der Waals surface area contributed by atoms with Gasteiger partial charge in [-0.3, -0.25) is 14.4 Å². The normalized spacial score (nSPS) is 13.7. The van der Waals surface area contributed by atoms with Crippen molar-refractivity contribution in [2.24, 2.45) is 0 Å². The number of aryl methyl sites for hydroxylation is 1. The molecule has 1 fully saturated rings. The van der Waals surface area contributed by atoms with E-state index in [1.54, 1.807) is 43.3 Å². The number of hydrogen-bond acceptors (Lipinski definition) is 4. The molecule has 2 N–H and O–H groups in total. The molecule has 2 aromatic rings. The number of hydrogen-bond donors (Lipinski definition) is 2. The van der Waals surface area contributed by atoms with E-state index in [4.69, 9.17) is 0 Å². The largest absolute Gasteiger partial charge is 0.376 e. The number of carbonyl (C=O) groups excluding carboxylic acids is 3. The zero-order valence-corrected chi connectivity index (χ0v) is 19.6. The van der Waals surface area contributed by atoms with E-state index in [1.807, 2.05) is 29.2 Å². The Hall–Kier alpha value is -3.35. The molecule has 3 amide bonds. The van der Waals surface area contributed by atoms with Crippen LogP contribution in [-0.4, -0.2) is 61.3 Å². The highest BCUT2D eigenvalue weighted by Gasteiger charge is 2.17. The van der Waals surface area contributed by atoms with Gasteiger partial charge in [0.1, 0.15) is 0 Å². The summed E-state index contributed by atoms with van der Waals surface area (Å²) in [6, 6.07) is 14.9. The van der Waals surface area contributed by atoms with Crippen LogP contribution in [0.15, 0.2) is 48.5 Å². The second-order valence-electron chi connectivity index (χ2n) is 8.68. The molecule has 0 bridgehead atoms. The molecule has 1 heterocycles. The van der Waals surface area contributed by atoms with Gasteiger partial charge >= 0.3 is 0 Å². The standard InChI is InChI=1S/C26H34N4O3/c1-29(2)25(32)14-13-20-9-7-11-22(17-20)27-19-24(31)28-23-12-8-10-21(18-23)26(33)30-15-5-3-4-6-16-30/h7-12,17-18,27H,3-6,13-16,19H2,1-2H3,(H,28,31). The molecular weight excluding hydrogens is 416 g/mol. The summed E-state index contributed by atoms with van der Waals surface area (Å²) in [5.74, 6) is -0.0810. The van der Waals surface area contributed by atoms with Gasteiger partial charge in [0, 0.05) is 50.5 Å². The molecule has 0 saturated carbocycles. The van der Waals surface area contributed by atoms with Crippen LogP contribution in [0.2, 0.25) is 0 Å². The van der Waals surface area contributed by atoms with Crippen molar-refractivity contribution in [2.75, 3.05) is 44.4 Å². The van der Waals surface area contributed by atoms with Crippen molar-refractivity contribution in [3.63, 3.8) is 0 Å². The maximum atomic E-state index is 12.8. The summed E-state index contributed by atoms with van der Waals surface area (Å²) in [5.41, 5.74) is 3.07. The zero-order chi connectivity index (χ0) is 23.6. The molecule has 0 aliphatic carbocycles. The fraction of sp³-hybridized carbons (Fsp3) is 0.423. The molecule has 7 heteroatoms. The molecular formula is C26H34N4O3. The summed E-state index contributed by atoms with van der Waals surface area (Å²) in [6.07, 6.45) is 5.52. The Morgan fingerprint density at radius 2 is 1.61 bits per heavy atom. The molecule has 1 saturated heterocycles. The van der Waals surface area contributed by atoms with Gasteiger partial charge in [-0.2, -0.15) is 0 Å². The average Bonchev–Trinajstić information content (AvgIpc) is 3.11. The van der Waals surface area contributed by atoms with Crippen molar-refractivity contribution < 1.29 is 14.4 Å². The number of carbonyl (C=O) groups is 3. The minimum absolute atomic E-state index is 0.0238. The highest BCUT2D eigenvalue weighted by Crippen LogP contribution is 2.17. The van der Waals surface area contributed by atoms with Gasteiger partial charge in [0.05, 0.1) is 6.54 Å². The van der Waals surface area contributed by atoms with Gasteiger partial charge in [-0.05, 0) is 55.2 Å². The Morgan fingerprint density at radius 1 is 0.909 bits per heavy atom. The molecule has 0 radical (unpaired) electrons. The first-order chi connectivity index (χ1) is 15.9. The summed E-state index contributed by atoms with van der Waals surface area (Å²) in [6.45, 7) is 1.69. The van der Waals surface area contributed by atoms with Crippen LogP contribution < -0.4 is 10.6 Å². The fourth-order valence-electron chi connectivity index (χ4n) is 3.89. The van der Waals surface area contributed by atoms with E-state index in [9.17, 15) is 14.4 Å². The average molecular weight is 451 g/mol.